The normalized spacial score (nSPS) is 25.1. The summed E-state index contributed by atoms with van der Waals surface area (Å²) in [5.74, 6) is -0.0417. The molecule has 0 aromatic heterocycles. The zero-order valence-corrected chi connectivity index (χ0v) is 14.5. The molecule has 1 aromatic rings. The fourth-order valence-corrected chi connectivity index (χ4v) is 2.97. The zero-order valence-electron chi connectivity index (χ0n) is 13.7. The van der Waals surface area contributed by atoms with E-state index in [-0.39, 0.29) is 36.2 Å². The van der Waals surface area contributed by atoms with Gasteiger partial charge in [-0.25, -0.2) is 4.39 Å². The average molecular weight is 345 g/mol. The molecule has 3 unspecified atom stereocenters. The van der Waals surface area contributed by atoms with Crippen molar-refractivity contribution in [2.45, 2.75) is 51.2 Å². The number of benzene rings is 1. The minimum atomic E-state index is -0.436. The summed E-state index contributed by atoms with van der Waals surface area (Å²) in [5.41, 5.74) is 5.80. The average Bonchev–Trinajstić information content (AvgIpc) is 2.44. The Morgan fingerprint density at radius 3 is 2.91 bits per heavy atom. The Kier molecular flexibility index (Phi) is 7.29. The van der Waals surface area contributed by atoms with Crippen LogP contribution in [0.2, 0.25) is 0 Å². The highest BCUT2D eigenvalue weighted by Crippen LogP contribution is 2.31. The van der Waals surface area contributed by atoms with E-state index in [0.29, 0.717) is 12.3 Å². The van der Waals surface area contributed by atoms with Gasteiger partial charge in [0.2, 0.25) is 5.91 Å². The maximum Gasteiger partial charge on any atom is 0.225 e. The van der Waals surface area contributed by atoms with Gasteiger partial charge < -0.3 is 15.8 Å². The van der Waals surface area contributed by atoms with E-state index in [1.54, 1.807) is 12.1 Å². The number of carbonyl (C=O) groups excluding carboxylic acids is 1. The molecule has 0 radical (unpaired) electrons. The summed E-state index contributed by atoms with van der Waals surface area (Å²) < 4.78 is 18.7. The lowest BCUT2D eigenvalue weighted by Gasteiger charge is -2.37. The Morgan fingerprint density at radius 1 is 1.52 bits per heavy atom. The number of rotatable bonds is 5. The van der Waals surface area contributed by atoms with Gasteiger partial charge >= 0.3 is 0 Å². The van der Waals surface area contributed by atoms with E-state index in [9.17, 15) is 9.18 Å². The molecule has 1 aromatic carbocycles. The van der Waals surface area contributed by atoms with Gasteiger partial charge in [-0.3, -0.25) is 4.79 Å². The highest BCUT2D eigenvalue weighted by molar-refractivity contribution is 5.85. The Bertz CT molecular complexity index is 525. The van der Waals surface area contributed by atoms with E-state index in [4.69, 9.17) is 10.5 Å². The molecular weight excluding hydrogens is 319 g/mol. The molecule has 0 heterocycles. The van der Waals surface area contributed by atoms with Crippen LogP contribution >= 0.6 is 12.4 Å². The molecule has 0 spiro atoms. The molecule has 23 heavy (non-hydrogen) atoms. The van der Waals surface area contributed by atoms with Crippen molar-refractivity contribution in [1.82, 2.24) is 5.32 Å². The monoisotopic (exact) mass is 344 g/mol. The summed E-state index contributed by atoms with van der Waals surface area (Å²) in [6.07, 6.45) is 3.59. The predicted octanol–water partition coefficient (Wildman–Crippen LogP) is 3.04. The summed E-state index contributed by atoms with van der Waals surface area (Å²) in [6.45, 7) is 4.17. The van der Waals surface area contributed by atoms with Crippen LogP contribution in [0.25, 0.3) is 0 Å². The predicted molar refractivity (Wildman–Crippen MR) is 91.3 cm³/mol. The molecule has 130 valence electrons. The van der Waals surface area contributed by atoms with E-state index < -0.39 is 5.54 Å². The van der Waals surface area contributed by atoms with Crippen LogP contribution in [0.15, 0.2) is 24.3 Å². The van der Waals surface area contributed by atoms with Crippen LogP contribution in [0, 0.1) is 11.7 Å². The first kappa shape index (κ1) is 19.7. The van der Waals surface area contributed by atoms with Gasteiger partial charge in [0.05, 0.1) is 12.5 Å². The van der Waals surface area contributed by atoms with Gasteiger partial charge in [-0.05, 0) is 38.8 Å². The maximum atomic E-state index is 13.1. The molecule has 0 aliphatic heterocycles. The van der Waals surface area contributed by atoms with E-state index in [1.165, 1.54) is 12.1 Å². The van der Waals surface area contributed by atoms with Crippen molar-refractivity contribution in [3.63, 3.8) is 0 Å². The molecular formula is C17H26ClFN2O2. The van der Waals surface area contributed by atoms with E-state index in [1.807, 2.05) is 13.8 Å². The summed E-state index contributed by atoms with van der Waals surface area (Å²) in [7, 11) is 0. The minimum Gasteiger partial charge on any atom is -0.489 e. The first-order valence-corrected chi connectivity index (χ1v) is 7.87. The van der Waals surface area contributed by atoms with Crippen LogP contribution in [0.5, 0.6) is 5.75 Å². The van der Waals surface area contributed by atoms with Crippen LogP contribution in [-0.2, 0) is 4.79 Å². The van der Waals surface area contributed by atoms with Crippen molar-refractivity contribution >= 4 is 18.3 Å². The number of ether oxygens (including phenoxy) is 1. The van der Waals surface area contributed by atoms with Crippen LogP contribution < -0.4 is 15.8 Å². The van der Waals surface area contributed by atoms with Gasteiger partial charge in [-0.2, -0.15) is 0 Å². The second-order valence-corrected chi connectivity index (χ2v) is 6.44. The number of carbonyl (C=O) groups is 1. The number of nitrogens with two attached hydrogens (primary N) is 1. The number of hydrogen-bond acceptors (Lipinski definition) is 3. The van der Waals surface area contributed by atoms with Crippen molar-refractivity contribution in [2.75, 3.05) is 6.54 Å². The molecule has 6 heteroatoms. The molecule has 0 saturated heterocycles. The van der Waals surface area contributed by atoms with Gasteiger partial charge in [0.1, 0.15) is 17.7 Å². The molecule has 1 aliphatic rings. The number of hydrogen-bond donors (Lipinski definition) is 2. The maximum absolute atomic E-state index is 13.1. The van der Waals surface area contributed by atoms with E-state index in [2.05, 4.69) is 5.32 Å². The molecule has 3 atom stereocenters. The summed E-state index contributed by atoms with van der Waals surface area (Å²) in [5, 5.41) is 2.90. The highest BCUT2D eigenvalue weighted by Gasteiger charge is 2.37. The third kappa shape index (κ3) is 5.66. The molecule has 1 amide bonds. The first-order valence-electron chi connectivity index (χ1n) is 7.87. The van der Waals surface area contributed by atoms with Crippen molar-refractivity contribution in [3.05, 3.63) is 30.1 Å². The fourth-order valence-electron chi connectivity index (χ4n) is 2.97. The van der Waals surface area contributed by atoms with Gasteiger partial charge in [-0.1, -0.05) is 18.9 Å². The summed E-state index contributed by atoms with van der Waals surface area (Å²) in [4.78, 5) is 12.3. The van der Waals surface area contributed by atoms with Crippen LogP contribution in [0.1, 0.15) is 39.5 Å². The molecule has 1 aliphatic carbocycles. The number of halogens is 2. The third-order valence-electron chi connectivity index (χ3n) is 4.27. The van der Waals surface area contributed by atoms with Gasteiger partial charge in [-0.15, -0.1) is 12.4 Å². The molecule has 2 rings (SSSR count). The van der Waals surface area contributed by atoms with Crippen molar-refractivity contribution in [3.8, 4) is 5.75 Å². The molecule has 1 saturated carbocycles. The topological polar surface area (TPSA) is 64.4 Å². The molecule has 4 nitrogen and oxygen atoms in total. The Morgan fingerprint density at radius 2 is 2.26 bits per heavy atom. The van der Waals surface area contributed by atoms with Crippen molar-refractivity contribution in [2.24, 2.45) is 11.7 Å². The van der Waals surface area contributed by atoms with E-state index in [0.717, 1.165) is 25.7 Å². The summed E-state index contributed by atoms with van der Waals surface area (Å²) >= 11 is 0. The fraction of sp³-hybridized carbons (Fsp3) is 0.588. The van der Waals surface area contributed by atoms with E-state index >= 15 is 0 Å². The smallest absolute Gasteiger partial charge is 0.225 e. The Hall–Kier alpha value is -1.33. The SMILES string of the molecule is CC(CNC(=O)C1CCCCC1(C)N)Oc1cccc(F)c1.Cl. The lowest BCUT2D eigenvalue weighted by Crippen LogP contribution is -2.53. The van der Waals surface area contributed by atoms with Crippen LogP contribution in [-0.4, -0.2) is 24.1 Å². The largest absolute Gasteiger partial charge is 0.489 e. The minimum absolute atomic E-state index is 0. The third-order valence-corrected chi connectivity index (χ3v) is 4.27. The lowest BCUT2D eigenvalue weighted by atomic mass is 9.74. The quantitative estimate of drug-likeness (QED) is 0.863. The first-order chi connectivity index (χ1) is 10.4. The Balaban J connectivity index is 0.00000264. The van der Waals surface area contributed by atoms with Gasteiger partial charge in [0, 0.05) is 11.6 Å². The van der Waals surface area contributed by atoms with Crippen LogP contribution in [0.3, 0.4) is 0 Å². The van der Waals surface area contributed by atoms with Crippen molar-refractivity contribution < 1.29 is 13.9 Å². The number of nitrogens with one attached hydrogen (secondary N) is 1. The lowest BCUT2D eigenvalue weighted by molar-refractivity contribution is -0.128. The van der Waals surface area contributed by atoms with Gasteiger partial charge in [0.15, 0.2) is 0 Å². The Labute approximate surface area is 143 Å². The van der Waals surface area contributed by atoms with Crippen LogP contribution in [0.4, 0.5) is 4.39 Å². The number of amides is 1. The summed E-state index contributed by atoms with van der Waals surface area (Å²) in [6, 6.07) is 5.98. The second kappa shape index (κ2) is 8.50. The highest BCUT2D eigenvalue weighted by atomic mass is 35.5. The standard InChI is InChI=1S/C17H25FN2O2.ClH/c1-12(22-14-7-5-6-13(18)10-14)11-20-16(21)15-8-3-4-9-17(15,2)19;/h5-7,10,12,15H,3-4,8-9,11,19H2,1-2H3,(H,20,21);1H. The van der Waals surface area contributed by atoms with Crippen molar-refractivity contribution in [1.29, 1.82) is 0 Å². The molecule has 3 N–H and O–H groups in total. The van der Waals surface area contributed by atoms with Gasteiger partial charge in [0.25, 0.3) is 0 Å². The molecule has 0 bridgehead atoms. The second-order valence-electron chi connectivity index (χ2n) is 6.44. The molecule has 1 fully saturated rings. The zero-order chi connectivity index (χ0) is 16.2.